The first-order valence-corrected chi connectivity index (χ1v) is 5.45. The summed E-state index contributed by atoms with van der Waals surface area (Å²) in [6.07, 6.45) is 1.31. The molecule has 0 aromatic rings. The van der Waals surface area contributed by atoms with Crippen molar-refractivity contribution in [2.45, 2.75) is 54.0 Å². The third kappa shape index (κ3) is 6.09. The van der Waals surface area contributed by atoms with Crippen LogP contribution in [0.5, 0.6) is 0 Å². The molecule has 0 aromatic carbocycles. The molecule has 0 unspecified atom stereocenters. The van der Waals surface area contributed by atoms with Crippen molar-refractivity contribution in [2.75, 3.05) is 13.6 Å². The molecule has 0 N–H and O–H groups in total. The summed E-state index contributed by atoms with van der Waals surface area (Å²) in [5.41, 5.74) is 0.452. The maximum Gasteiger partial charge on any atom is 0.00357 e. The molecule has 0 aromatic heterocycles. The number of hydrogen-bond acceptors (Lipinski definition) is 1. The predicted octanol–water partition coefficient (Wildman–Crippen LogP) is 3.40. The summed E-state index contributed by atoms with van der Waals surface area (Å²) in [5.74, 6) is 0.801. The van der Waals surface area contributed by atoms with Crippen molar-refractivity contribution in [3.63, 3.8) is 0 Å². The van der Waals surface area contributed by atoms with Gasteiger partial charge in [0, 0.05) is 12.6 Å². The van der Waals surface area contributed by atoms with Gasteiger partial charge in [-0.2, -0.15) is 0 Å². The molecule has 0 aliphatic carbocycles. The van der Waals surface area contributed by atoms with Gasteiger partial charge in [-0.25, -0.2) is 0 Å². The first kappa shape index (κ1) is 13.0. The second-order valence-electron chi connectivity index (χ2n) is 5.77. The van der Waals surface area contributed by atoms with E-state index in [2.05, 4.69) is 53.5 Å². The zero-order valence-electron chi connectivity index (χ0n) is 10.5. The lowest BCUT2D eigenvalue weighted by molar-refractivity contribution is 0.154. The van der Waals surface area contributed by atoms with Crippen molar-refractivity contribution in [1.29, 1.82) is 0 Å². The van der Waals surface area contributed by atoms with Crippen LogP contribution in [-0.2, 0) is 0 Å². The molecule has 1 heteroatoms. The molecule has 0 spiro atoms. The van der Waals surface area contributed by atoms with E-state index in [1.165, 1.54) is 13.0 Å². The largest absolute Gasteiger partial charge is 0.303 e. The maximum absolute atomic E-state index is 2.43. The highest BCUT2D eigenvalue weighted by Crippen LogP contribution is 2.26. The van der Waals surface area contributed by atoms with Gasteiger partial charge in [-0.1, -0.05) is 27.7 Å². The van der Waals surface area contributed by atoms with E-state index < -0.39 is 0 Å². The van der Waals surface area contributed by atoms with Crippen molar-refractivity contribution in [1.82, 2.24) is 4.90 Å². The summed E-state index contributed by atoms with van der Waals surface area (Å²) >= 11 is 0. The fourth-order valence-corrected chi connectivity index (χ4v) is 2.03. The first-order chi connectivity index (χ1) is 5.74. The number of nitrogens with zero attached hydrogens (tertiary/aromatic N) is 1. The fraction of sp³-hybridized carbons (Fsp3) is 1.00. The van der Waals surface area contributed by atoms with E-state index in [9.17, 15) is 0 Å². The molecule has 0 heterocycles. The lowest BCUT2D eigenvalue weighted by Crippen LogP contribution is -2.36. The zero-order valence-corrected chi connectivity index (χ0v) is 10.5. The maximum atomic E-state index is 2.43. The summed E-state index contributed by atoms with van der Waals surface area (Å²) in [7, 11) is 2.22. The highest BCUT2D eigenvalue weighted by Gasteiger charge is 2.22. The van der Waals surface area contributed by atoms with Gasteiger partial charge in [-0.15, -0.1) is 0 Å². The van der Waals surface area contributed by atoms with Crippen LogP contribution in [-0.4, -0.2) is 24.5 Å². The fourth-order valence-electron chi connectivity index (χ4n) is 2.03. The van der Waals surface area contributed by atoms with Crippen LogP contribution in [0.25, 0.3) is 0 Å². The lowest BCUT2D eigenvalue weighted by Gasteiger charge is -2.33. The normalized spacial score (nSPS) is 13.4. The minimum atomic E-state index is 0.452. The molecule has 0 aliphatic rings. The lowest BCUT2D eigenvalue weighted by atomic mass is 9.83. The molecule has 0 bridgehead atoms. The van der Waals surface area contributed by atoms with Crippen LogP contribution in [0.1, 0.15) is 48.0 Å². The van der Waals surface area contributed by atoms with Crippen LogP contribution < -0.4 is 0 Å². The summed E-state index contributed by atoms with van der Waals surface area (Å²) in [4.78, 5) is 2.43. The number of hydrogen-bond donors (Lipinski definition) is 0. The van der Waals surface area contributed by atoms with Gasteiger partial charge in [0.15, 0.2) is 0 Å². The van der Waals surface area contributed by atoms with Crippen molar-refractivity contribution in [3.05, 3.63) is 0 Å². The summed E-state index contributed by atoms with van der Waals surface area (Å²) in [6.45, 7) is 15.0. The van der Waals surface area contributed by atoms with E-state index in [-0.39, 0.29) is 0 Å². The van der Waals surface area contributed by atoms with Crippen molar-refractivity contribution >= 4 is 0 Å². The Morgan fingerprint density at radius 2 is 1.54 bits per heavy atom. The van der Waals surface area contributed by atoms with E-state index >= 15 is 0 Å². The molecule has 13 heavy (non-hydrogen) atoms. The predicted molar refractivity (Wildman–Crippen MR) is 61.0 cm³/mol. The van der Waals surface area contributed by atoms with E-state index in [1.807, 2.05) is 0 Å². The molecule has 0 radical (unpaired) electrons. The van der Waals surface area contributed by atoms with Gasteiger partial charge in [-0.3, -0.25) is 0 Å². The van der Waals surface area contributed by atoms with Crippen LogP contribution in [0.4, 0.5) is 0 Å². The molecule has 0 saturated heterocycles. The van der Waals surface area contributed by atoms with Crippen LogP contribution >= 0.6 is 0 Å². The molecule has 0 aliphatic heterocycles. The Morgan fingerprint density at radius 1 is 1.08 bits per heavy atom. The smallest absolute Gasteiger partial charge is 0.00357 e. The Balaban J connectivity index is 4.00. The van der Waals surface area contributed by atoms with Gasteiger partial charge in [0.05, 0.1) is 0 Å². The third-order valence-corrected chi connectivity index (χ3v) is 2.52. The second kappa shape index (κ2) is 4.99. The first-order valence-electron chi connectivity index (χ1n) is 5.45. The Labute approximate surface area is 84.5 Å². The van der Waals surface area contributed by atoms with Crippen molar-refractivity contribution in [3.8, 4) is 0 Å². The SMILES string of the molecule is CC(C)CC(C)(C)CN(C)C(C)C. The highest BCUT2D eigenvalue weighted by atomic mass is 15.1. The average molecular weight is 185 g/mol. The average Bonchev–Trinajstić information content (AvgIpc) is 1.81. The standard InChI is InChI=1S/C12H27N/c1-10(2)8-12(5,6)9-13(7)11(3)4/h10-11H,8-9H2,1-7H3. The van der Waals surface area contributed by atoms with Crippen LogP contribution in [0.2, 0.25) is 0 Å². The van der Waals surface area contributed by atoms with Gasteiger partial charge >= 0.3 is 0 Å². The van der Waals surface area contributed by atoms with E-state index in [0.717, 1.165) is 5.92 Å². The second-order valence-corrected chi connectivity index (χ2v) is 5.77. The Kier molecular flexibility index (Phi) is 4.98. The van der Waals surface area contributed by atoms with Crippen LogP contribution in [0.3, 0.4) is 0 Å². The molecular formula is C12H27N. The van der Waals surface area contributed by atoms with Gasteiger partial charge < -0.3 is 4.90 Å². The quantitative estimate of drug-likeness (QED) is 0.634. The molecule has 1 nitrogen and oxygen atoms in total. The van der Waals surface area contributed by atoms with Crippen LogP contribution in [0, 0.1) is 11.3 Å². The Morgan fingerprint density at radius 3 is 1.85 bits per heavy atom. The van der Waals surface area contributed by atoms with Crippen molar-refractivity contribution in [2.24, 2.45) is 11.3 Å². The molecular weight excluding hydrogens is 158 g/mol. The third-order valence-electron chi connectivity index (χ3n) is 2.52. The van der Waals surface area contributed by atoms with Gasteiger partial charge in [-0.05, 0) is 38.6 Å². The molecule has 0 amide bonds. The Hall–Kier alpha value is -0.0400. The topological polar surface area (TPSA) is 3.24 Å². The highest BCUT2D eigenvalue weighted by molar-refractivity contribution is 4.75. The molecule has 80 valence electrons. The zero-order chi connectivity index (χ0) is 10.6. The monoisotopic (exact) mass is 185 g/mol. The Bertz CT molecular complexity index is 136. The van der Waals surface area contributed by atoms with Gasteiger partial charge in [0.2, 0.25) is 0 Å². The minimum Gasteiger partial charge on any atom is -0.303 e. The molecule has 0 fully saturated rings. The van der Waals surface area contributed by atoms with E-state index in [1.54, 1.807) is 0 Å². The number of rotatable bonds is 5. The molecule has 0 rings (SSSR count). The van der Waals surface area contributed by atoms with Gasteiger partial charge in [0.1, 0.15) is 0 Å². The molecule has 0 atom stereocenters. The molecule has 0 saturated carbocycles. The minimum absolute atomic E-state index is 0.452. The van der Waals surface area contributed by atoms with Gasteiger partial charge in [0.25, 0.3) is 0 Å². The van der Waals surface area contributed by atoms with Crippen LogP contribution in [0.15, 0.2) is 0 Å². The summed E-state index contributed by atoms with van der Waals surface area (Å²) < 4.78 is 0. The summed E-state index contributed by atoms with van der Waals surface area (Å²) in [5, 5.41) is 0. The summed E-state index contributed by atoms with van der Waals surface area (Å²) in [6, 6.07) is 0.659. The van der Waals surface area contributed by atoms with E-state index in [4.69, 9.17) is 0 Å². The van der Waals surface area contributed by atoms with Crippen molar-refractivity contribution < 1.29 is 0 Å². The van der Waals surface area contributed by atoms with E-state index in [0.29, 0.717) is 11.5 Å².